The van der Waals surface area contributed by atoms with E-state index in [1.165, 1.54) is 28.2 Å². The molecule has 0 aliphatic rings. The van der Waals surface area contributed by atoms with Crippen molar-refractivity contribution in [2.24, 2.45) is 0 Å². The van der Waals surface area contributed by atoms with E-state index in [1.54, 1.807) is 6.08 Å². The zero-order chi connectivity index (χ0) is 16.0. The summed E-state index contributed by atoms with van der Waals surface area (Å²) < 4.78 is 27.5. The summed E-state index contributed by atoms with van der Waals surface area (Å²) in [7, 11) is -2.16. The van der Waals surface area contributed by atoms with Gasteiger partial charge in [0.15, 0.2) is 0 Å². The molecule has 0 atom stereocenters. The Morgan fingerprint density at radius 2 is 2.19 bits per heavy atom. The van der Waals surface area contributed by atoms with Crippen LogP contribution >= 0.6 is 0 Å². The molecule has 118 valence electrons. The number of aromatic carboxylic acids is 1. The van der Waals surface area contributed by atoms with Gasteiger partial charge in [-0.1, -0.05) is 13.0 Å². The Labute approximate surface area is 125 Å². The molecule has 0 unspecified atom stereocenters. The van der Waals surface area contributed by atoms with Gasteiger partial charge in [0.2, 0.25) is 10.0 Å². The number of carbonyl (C=O) groups is 1. The van der Waals surface area contributed by atoms with E-state index in [1.807, 2.05) is 6.92 Å². The molecule has 0 spiro atoms. The lowest BCUT2D eigenvalue weighted by Gasteiger charge is -2.15. The van der Waals surface area contributed by atoms with Crippen molar-refractivity contribution in [2.75, 3.05) is 13.6 Å². The van der Waals surface area contributed by atoms with E-state index in [4.69, 9.17) is 5.11 Å². The van der Waals surface area contributed by atoms with Crippen molar-refractivity contribution >= 4 is 16.0 Å². The number of sulfonamides is 1. The van der Waals surface area contributed by atoms with Crippen LogP contribution in [0.4, 0.5) is 0 Å². The van der Waals surface area contributed by atoms with Crippen LogP contribution in [0.15, 0.2) is 29.8 Å². The lowest BCUT2D eigenvalue weighted by molar-refractivity contribution is 0.0685. The highest BCUT2D eigenvalue weighted by molar-refractivity contribution is 7.89. The number of carboxylic acid groups (broad SMARTS) is 1. The molecule has 1 N–H and O–H groups in total. The summed E-state index contributed by atoms with van der Waals surface area (Å²) in [6.45, 7) is 6.34. The highest BCUT2D eigenvalue weighted by Crippen LogP contribution is 2.19. The van der Waals surface area contributed by atoms with Crippen LogP contribution in [0, 0.1) is 0 Å². The molecule has 0 aliphatic heterocycles. The largest absolute Gasteiger partial charge is 0.477 e. The quantitative estimate of drug-likeness (QED) is 0.559. The van der Waals surface area contributed by atoms with Gasteiger partial charge >= 0.3 is 5.97 Å². The standard InChI is InChI=1S/C14H22N2O4S/c1-4-6-7-9-15(3)21(19,20)12-10-13(14(17)18)16(11-12)8-5-2/h4,10-11H,1,5-9H2,2-3H3,(H,17,18). The normalized spacial score (nSPS) is 11.8. The van der Waals surface area contributed by atoms with E-state index in [0.29, 0.717) is 19.5 Å². The molecule has 1 heterocycles. The molecule has 0 radical (unpaired) electrons. The second-order valence-corrected chi connectivity index (χ2v) is 6.86. The predicted molar refractivity (Wildman–Crippen MR) is 80.9 cm³/mol. The van der Waals surface area contributed by atoms with Crippen molar-refractivity contribution in [3.05, 3.63) is 30.6 Å². The van der Waals surface area contributed by atoms with Crippen LogP contribution in [0.1, 0.15) is 36.7 Å². The van der Waals surface area contributed by atoms with Crippen molar-refractivity contribution < 1.29 is 18.3 Å². The van der Waals surface area contributed by atoms with Gasteiger partial charge in [-0.25, -0.2) is 17.5 Å². The lowest BCUT2D eigenvalue weighted by Crippen LogP contribution is -2.27. The Morgan fingerprint density at radius 1 is 1.52 bits per heavy atom. The predicted octanol–water partition coefficient (Wildman–Crippen LogP) is 2.18. The van der Waals surface area contributed by atoms with Crippen molar-refractivity contribution in [1.82, 2.24) is 8.87 Å². The fraction of sp³-hybridized carbons (Fsp3) is 0.500. The number of allylic oxidation sites excluding steroid dienone is 1. The zero-order valence-electron chi connectivity index (χ0n) is 12.4. The number of hydrogen-bond donors (Lipinski definition) is 1. The van der Waals surface area contributed by atoms with Crippen molar-refractivity contribution in [1.29, 1.82) is 0 Å². The van der Waals surface area contributed by atoms with Gasteiger partial charge < -0.3 is 9.67 Å². The number of rotatable bonds is 9. The Kier molecular flexibility index (Phi) is 6.17. The summed E-state index contributed by atoms with van der Waals surface area (Å²) in [6.07, 6.45) is 5.27. The van der Waals surface area contributed by atoms with Crippen LogP contribution in [-0.2, 0) is 16.6 Å². The van der Waals surface area contributed by atoms with Gasteiger partial charge in [-0.05, 0) is 25.3 Å². The second-order valence-electron chi connectivity index (χ2n) is 4.82. The molecule has 0 saturated heterocycles. The van der Waals surface area contributed by atoms with Crippen LogP contribution in [0.2, 0.25) is 0 Å². The third kappa shape index (κ3) is 4.18. The third-order valence-corrected chi connectivity index (χ3v) is 4.97. The molecule has 0 saturated carbocycles. The number of nitrogens with zero attached hydrogens (tertiary/aromatic N) is 2. The molecule has 0 amide bonds. The topological polar surface area (TPSA) is 79.6 Å². The number of carboxylic acids is 1. The maximum absolute atomic E-state index is 12.4. The minimum atomic E-state index is -3.66. The van der Waals surface area contributed by atoms with Gasteiger partial charge in [-0.15, -0.1) is 6.58 Å². The van der Waals surface area contributed by atoms with Crippen LogP contribution < -0.4 is 0 Å². The molecule has 0 bridgehead atoms. The van der Waals surface area contributed by atoms with E-state index in [9.17, 15) is 13.2 Å². The number of aryl methyl sites for hydroxylation is 1. The zero-order valence-corrected chi connectivity index (χ0v) is 13.3. The van der Waals surface area contributed by atoms with E-state index in [-0.39, 0.29) is 10.6 Å². The summed E-state index contributed by atoms with van der Waals surface area (Å²) in [5.74, 6) is -1.13. The maximum atomic E-state index is 12.4. The molecular weight excluding hydrogens is 292 g/mol. The minimum Gasteiger partial charge on any atom is -0.477 e. The summed E-state index contributed by atoms with van der Waals surface area (Å²) >= 11 is 0. The first-order valence-corrected chi connectivity index (χ1v) is 8.29. The van der Waals surface area contributed by atoms with Gasteiger partial charge in [0.05, 0.1) is 0 Å². The van der Waals surface area contributed by atoms with Crippen molar-refractivity contribution in [3.63, 3.8) is 0 Å². The maximum Gasteiger partial charge on any atom is 0.352 e. The Bertz CT molecular complexity index is 604. The molecule has 0 aromatic carbocycles. The molecular formula is C14H22N2O4S. The molecule has 1 aromatic rings. The molecule has 0 fully saturated rings. The third-order valence-electron chi connectivity index (χ3n) is 3.14. The molecule has 1 aromatic heterocycles. The van der Waals surface area contributed by atoms with Crippen LogP contribution in [0.5, 0.6) is 0 Å². The van der Waals surface area contributed by atoms with Crippen LogP contribution in [0.25, 0.3) is 0 Å². The van der Waals surface area contributed by atoms with Gasteiger partial charge in [0.25, 0.3) is 0 Å². The number of unbranched alkanes of at least 4 members (excludes halogenated alkanes) is 1. The SMILES string of the molecule is C=CCCCN(C)S(=O)(=O)c1cc(C(=O)O)n(CCC)c1. The summed E-state index contributed by atoms with van der Waals surface area (Å²) in [5.41, 5.74) is -0.00471. The minimum absolute atomic E-state index is 0.00471. The first kappa shape index (κ1) is 17.5. The van der Waals surface area contributed by atoms with Crippen molar-refractivity contribution in [2.45, 2.75) is 37.6 Å². The van der Waals surface area contributed by atoms with E-state index < -0.39 is 16.0 Å². The van der Waals surface area contributed by atoms with Gasteiger partial charge in [0.1, 0.15) is 10.6 Å². The molecule has 1 rings (SSSR count). The first-order valence-electron chi connectivity index (χ1n) is 6.85. The highest BCUT2D eigenvalue weighted by atomic mass is 32.2. The van der Waals surface area contributed by atoms with Gasteiger partial charge in [-0.2, -0.15) is 0 Å². The Hall–Kier alpha value is -1.60. The average Bonchev–Trinajstić information content (AvgIpc) is 2.84. The molecule has 7 heteroatoms. The molecule has 21 heavy (non-hydrogen) atoms. The number of aromatic nitrogens is 1. The van der Waals surface area contributed by atoms with E-state index >= 15 is 0 Å². The first-order chi connectivity index (χ1) is 9.84. The number of hydrogen-bond acceptors (Lipinski definition) is 3. The molecule has 6 nitrogen and oxygen atoms in total. The smallest absolute Gasteiger partial charge is 0.352 e. The fourth-order valence-corrected chi connectivity index (χ4v) is 3.24. The van der Waals surface area contributed by atoms with Gasteiger partial charge in [-0.3, -0.25) is 0 Å². The van der Waals surface area contributed by atoms with Crippen LogP contribution in [-0.4, -0.2) is 42.0 Å². The fourth-order valence-electron chi connectivity index (χ4n) is 1.99. The summed E-state index contributed by atoms with van der Waals surface area (Å²) in [6, 6.07) is 1.22. The van der Waals surface area contributed by atoms with Crippen molar-refractivity contribution in [3.8, 4) is 0 Å². The van der Waals surface area contributed by atoms with Gasteiger partial charge in [0, 0.05) is 26.3 Å². The molecule has 0 aliphatic carbocycles. The average molecular weight is 314 g/mol. The van der Waals surface area contributed by atoms with E-state index in [0.717, 1.165) is 12.8 Å². The second kappa shape index (κ2) is 7.42. The Balaban J connectivity index is 3.05. The monoisotopic (exact) mass is 314 g/mol. The summed E-state index contributed by atoms with van der Waals surface area (Å²) in [5, 5.41) is 9.14. The summed E-state index contributed by atoms with van der Waals surface area (Å²) in [4.78, 5) is 11.2. The highest BCUT2D eigenvalue weighted by Gasteiger charge is 2.24. The van der Waals surface area contributed by atoms with Crippen LogP contribution in [0.3, 0.4) is 0 Å². The van der Waals surface area contributed by atoms with E-state index in [2.05, 4.69) is 6.58 Å². The Morgan fingerprint density at radius 3 is 2.71 bits per heavy atom. The lowest BCUT2D eigenvalue weighted by atomic mass is 10.3.